The highest BCUT2D eigenvalue weighted by molar-refractivity contribution is 6.70. The van der Waals surface area contributed by atoms with Gasteiger partial charge < -0.3 is 4.43 Å². The lowest BCUT2D eigenvalue weighted by Crippen LogP contribution is -2.33. The smallest absolute Gasteiger partial charge is 0.276 e. The molecule has 0 spiro atoms. The number of nitro benzene ring substituents is 1. The molecule has 0 amide bonds. The van der Waals surface area contributed by atoms with Crippen molar-refractivity contribution in [3.05, 3.63) is 74.8 Å². The molecular weight excluding hydrogens is 318 g/mol. The Labute approximate surface area is 136 Å². The van der Waals surface area contributed by atoms with Crippen LogP contribution in [0.25, 0.3) is 0 Å². The molecule has 0 saturated heterocycles. The third kappa shape index (κ3) is 4.66. The molecular formula is C16H18ClNO3Si. The molecule has 4 nitrogen and oxygen atoms in total. The van der Waals surface area contributed by atoms with E-state index in [1.54, 1.807) is 12.1 Å². The van der Waals surface area contributed by atoms with E-state index in [-0.39, 0.29) is 12.3 Å². The van der Waals surface area contributed by atoms with Gasteiger partial charge in [-0.15, -0.1) is 0 Å². The molecule has 0 aliphatic carbocycles. The fourth-order valence-electron chi connectivity index (χ4n) is 2.24. The lowest BCUT2D eigenvalue weighted by atomic mass is 10.2. The molecule has 2 rings (SSSR count). The molecule has 116 valence electrons. The van der Waals surface area contributed by atoms with Gasteiger partial charge in [0.25, 0.3) is 5.69 Å². The molecule has 0 aliphatic rings. The molecule has 0 N–H and O–H groups in total. The van der Waals surface area contributed by atoms with Crippen molar-refractivity contribution in [1.29, 1.82) is 0 Å². The Morgan fingerprint density at radius 1 is 1.18 bits per heavy atom. The summed E-state index contributed by atoms with van der Waals surface area (Å²) >= 11 is 5.82. The first-order valence-electron chi connectivity index (χ1n) is 6.98. The summed E-state index contributed by atoms with van der Waals surface area (Å²) < 4.78 is 6.04. The molecule has 2 aromatic carbocycles. The van der Waals surface area contributed by atoms with Crippen LogP contribution in [0, 0.1) is 10.1 Å². The maximum atomic E-state index is 11.1. The van der Waals surface area contributed by atoms with Crippen LogP contribution in [-0.2, 0) is 17.1 Å². The van der Waals surface area contributed by atoms with Crippen LogP contribution in [-0.4, -0.2) is 13.2 Å². The van der Waals surface area contributed by atoms with Crippen LogP contribution in [0.15, 0.2) is 48.5 Å². The molecule has 0 radical (unpaired) electrons. The number of hydrogen-bond acceptors (Lipinski definition) is 3. The maximum absolute atomic E-state index is 11.1. The van der Waals surface area contributed by atoms with Gasteiger partial charge in [-0.05, 0) is 36.8 Å². The molecule has 6 heteroatoms. The molecule has 0 saturated carbocycles. The number of nitro groups is 1. The fourth-order valence-corrected chi connectivity index (χ4v) is 4.27. The van der Waals surface area contributed by atoms with E-state index in [0.29, 0.717) is 10.6 Å². The molecule has 0 unspecified atom stereocenters. The average Bonchev–Trinajstić information content (AvgIpc) is 2.46. The molecule has 2 aromatic rings. The van der Waals surface area contributed by atoms with Gasteiger partial charge in [-0.25, -0.2) is 0 Å². The lowest BCUT2D eigenvalue weighted by molar-refractivity contribution is -0.385. The summed E-state index contributed by atoms with van der Waals surface area (Å²) in [4.78, 5) is 10.7. The minimum absolute atomic E-state index is 0.0111. The zero-order valence-corrected chi connectivity index (χ0v) is 14.3. The van der Waals surface area contributed by atoms with Crippen LogP contribution in [0.3, 0.4) is 0 Å². The normalized spacial score (nSPS) is 11.4. The summed E-state index contributed by atoms with van der Waals surface area (Å²) in [6.45, 7) is 4.46. The van der Waals surface area contributed by atoms with E-state index in [9.17, 15) is 10.1 Å². The quantitative estimate of drug-likeness (QED) is 0.435. The Hall–Kier alpha value is -1.69. The Kier molecular flexibility index (Phi) is 5.34. The third-order valence-electron chi connectivity index (χ3n) is 3.34. The minimum Gasteiger partial charge on any atom is -0.412 e. The SMILES string of the molecule is C[Si](C)(Cc1ccccc1)OCc1ccc(Cl)cc1[N+](=O)[O-]. The molecule has 0 atom stereocenters. The second-order valence-corrected chi connectivity index (χ2v) is 10.3. The second kappa shape index (κ2) is 7.04. The van der Waals surface area contributed by atoms with Crippen molar-refractivity contribution in [1.82, 2.24) is 0 Å². The lowest BCUT2D eigenvalue weighted by Gasteiger charge is -2.23. The first-order valence-corrected chi connectivity index (χ1v) is 10.5. The number of hydrogen-bond donors (Lipinski definition) is 0. The van der Waals surface area contributed by atoms with Gasteiger partial charge in [0.2, 0.25) is 0 Å². The van der Waals surface area contributed by atoms with Crippen LogP contribution in [0.1, 0.15) is 11.1 Å². The average molecular weight is 336 g/mol. The van der Waals surface area contributed by atoms with Crippen LogP contribution < -0.4 is 0 Å². The van der Waals surface area contributed by atoms with E-state index in [0.717, 1.165) is 6.04 Å². The topological polar surface area (TPSA) is 52.4 Å². The van der Waals surface area contributed by atoms with Gasteiger partial charge in [-0.3, -0.25) is 10.1 Å². The van der Waals surface area contributed by atoms with E-state index in [2.05, 4.69) is 25.2 Å². The summed E-state index contributed by atoms with van der Waals surface area (Å²) in [7, 11) is -1.95. The maximum Gasteiger partial charge on any atom is 0.276 e. The summed E-state index contributed by atoms with van der Waals surface area (Å²) in [5, 5.41) is 11.4. The van der Waals surface area contributed by atoms with E-state index in [1.807, 2.05) is 18.2 Å². The van der Waals surface area contributed by atoms with Crippen LogP contribution in [0.4, 0.5) is 5.69 Å². The fraction of sp³-hybridized carbons (Fsp3) is 0.250. The molecule has 22 heavy (non-hydrogen) atoms. The Morgan fingerprint density at radius 2 is 1.86 bits per heavy atom. The molecule has 0 fully saturated rings. The number of rotatable bonds is 6. The largest absolute Gasteiger partial charge is 0.412 e. The van der Waals surface area contributed by atoms with Gasteiger partial charge in [-0.2, -0.15) is 0 Å². The Morgan fingerprint density at radius 3 is 2.50 bits per heavy atom. The Bertz CT molecular complexity index is 662. The van der Waals surface area contributed by atoms with Crippen LogP contribution in [0.2, 0.25) is 18.1 Å². The monoisotopic (exact) mass is 335 g/mol. The summed E-state index contributed by atoms with van der Waals surface area (Å²) in [6, 6.07) is 15.7. The van der Waals surface area contributed by atoms with Crippen molar-refractivity contribution < 1.29 is 9.35 Å². The predicted molar refractivity (Wildman–Crippen MR) is 90.5 cm³/mol. The van der Waals surface area contributed by atoms with Crippen molar-refractivity contribution in [2.24, 2.45) is 0 Å². The van der Waals surface area contributed by atoms with Crippen LogP contribution >= 0.6 is 11.6 Å². The molecule has 0 bridgehead atoms. The highest BCUT2D eigenvalue weighted by Gasteiger charge is 2.24. The van der Waals surface area contributed by atoms with E-state index in [4.69, 9.17) is 16.0 Å². The summed E-state index contributed by atoms with van der Waals surface area (Å²) in [5.74, 6) is 0. The molecule has 0 aromatic heterocycles. The standard InChI is InChI=1S/C16H18ClNO3Si/c1-22(2,12-13-6-4-3-5-7-13)21-11-14-8-9-15(17)10-16(14)18(19)20/h3-10H,11-12H2,1-2H3. The van der Waals surface area contributed by atoms with E-state index in [1.165, 1.54) is 11.6 Å². The van der Waals surface area contributed by atoms with Crippen molar-refractivity contribution in [2.45, 2.75) is 25.7 Å². The van der Waals surface area contributed by atoms with Crippen molar-refractivity contribution in [3.8, 4) is 0 Å². The first kappa shape index (κ1) is 16.7. The van der Waals surface area contributed by atoms with Gasteiger partial charge in [-0.1, -0.05) is 41.9 Å². The van der Waals surface area contributed by atoms with Crippen molar-refractivity contribution >= 4 is 25.6 Å². The zero-order chi connectivity index (χ0) is 16.2. The van der Waals surface area contributed by atoms with E-state index >= 15 is 0 Å². The van der Waals surface area contributed by atoms with Gasteiger partial charge >= 0.3 is 0 Å². The summed E-state index contributed by atoms with van der Waals surface area (Å²) in [6.07, 6.45) is 0. The molecule has 0 heterocycles. The number of halogens is 1. The minimum atomic E-state index is -1.95. The van der Waals surface area contributed by atoms with Gasteiger partial charge in [0.1, 0.15) is 0 Å². The van der Waals surface area contributed by atoms with Gasteiger partial charge in [0.05, 0.1) is 17.1 Å². The molecule has 0 aliphatic heterocycles. The van der Waals surface area contributed by atoms with Crippen LogP contribution in [0.5, 0.6) is 0 Å². The van der Waals surface area contributed by atoms with Gasteiger partial charge in [0, 0.05) is 11.1 Å². The first-order chi connectivity index (χ1) is 10.4. The number of nitrogens with zero attached hydrogens (tertiary/aromatic N) is 1. The highest BCUT2D eigenvalue weighted by atomic mass is 35.5. The third-order valence-corrected chi connectivity index (χ3v) is 5.76. The second-order valence-electron chi connectivity index (χ2n) is 5.74. The highest BCUT2D eigenvalue weighted by Crippen LogP contribution is 2.25. The predicted octanol–water partition coefficient (Wildman–Crippen LogP) is 4.75. The summed E-state index contributed by atoms with van der Waals surface area (Å²) in [5.41, 5.74) is 1.80. The van der Waals surface area contributed by atoms with Crippen molar-refractivity contribution in [3.63, 3.8) is 0 Å². The van der Waals surface area contributed by atoms with Crippen molar-refractivity contribution in [2.75, 3.05) is 0 Å². The Balaban J connectivity index is 2.07. The zero-order valence-electron chi connectivity index (χ0n) is 12.6. The number of benzene rings is 2. The van der Waals surface area contributed by atoms with E-state index < -0.39 is 13.2 Å². The van der Waals surface area contributed by atoms with Gasteiger partial charge in [0.15, 0.2) is 8.32 Å².